The first-order chi connectivity index (χ1) is 21.5. The van der Waals surface area contributed by atoms with E-state index in [1.165, 1.54) is 70.6 Å². The van der Waals surface area contributed by atoms with Gasteiger partial charge in [-0.25, -0.2) is 0 Å². The summed E-state index contributed by atoms with van der Waals surface area (Å²) in [5.74, 6) is 1.55. The number of benzene rings is 2. The first kappa shape index (κ1) is 35.3. The van der Waals surface area contributed by atoms with Crippen LogP contribution in [0, 0.1) is 11.8 Å². The number of carbonyl (C=O) groups is 2. The fraction of sp³-hybridized carbons (Fsp3) is 0.622. The van der Waals surface area contributed by atoms with Crippen LogP contribution in [0.2, 0.25) is 0 Å². The van der Waals surface area contributed by atoms with Gasteiger partial charge in [0.2, 0.25) is 0 Å². The van der Waals surface area contributed by atoms with Gasteiger partial charge in [-0.15, -0.1) is 0 Å². The van der Waals surface area contributed by atoms with E-state index in [1.807, 2.05) is 30.3 Å². The third-order valence-electron chi connectivity index (χ3n) is 8.65. The minimum Gasteiger partial charge on any atom is -0.493 e. The molecule has 0 N–H and O–H groups in total. The van der Waals surface area contributed by atoms with Crippen LogP contribution in [0.25, 0.3) is 0 Å². The Balaban J connectivity index is 1.40. The van der Waals surface area contributed by atoms with Gasteiger partial charge in [-0.1, -0.05) is 96.1 Å². The molecule has 1 saturated heterocycles. The summed E-state index contributed by atoms with van der Waals surface area (Å²) >= 11 is 0. The molecule has 44 heavy (non-hydrogen) atoms. The molecule has 3 rings (SSSR count). The van der Waals surface area contributed by atoms with Gasteiger partial charge in [0.25, 0.3) is 0 Å². The van der Waals surface area contributed by atoms with Crippen molar-refractivity contribution in [3.63, 3.8) is 0 Å². The molecule has 1 aliphatic rings. The Morgan fingerprint density at radius 3 is 1.75 bits per heavy atom. The lowest BCUT2D eigenvalue weighted by atomic mass is 9.85. The van der Waals surface area contributed by atoms with E-state index in [4.69, 9.17) is 23.7 Å². The van der Waals surface area contributed by atoms with E-state index < -0.39 is 0 Å². The molecule has 0 aliphatic carbocycles. The van der Waals surface area contributed by atoms with E-state index in [0.717, 1.165) is 24.0 Å². The maximum Gasteiger partial charge on any atom is 0.311 e. The summed E-state index contributed by atoms with van der Waals surface area (Å²) in [6.07, 6.45) is 18.1. The maximum absolute atomic E-state index is 12.7. The summed E-state index contributed by atoms with van der Waals surface area (Å²) in [6, 6.07) is 11.3. The van der Waals surface area contributed by atoms with Crippen LogP contribution in [0.15, 0.2) is 36.4 Å². The summed E-state index contributed by atoms with van der Waals surface area (Å²) in [7, 11) is 4.78. The molecule has 0 saturated carbocycles. The van der Waals surface area contributed by atoms with Crippen molar-refractivity contribution in [2.75, 3.05) is 27.9 Å². The number of cyclic esters (lactones) is 1. The average Bonchev–Trinajstić information content (AvgIpc) is 3.37. The van der Waals surface area contributed by atoms with Gasteiger partial charge in [0.05, 0.1) is 33.9 Å². The van der Waals surface area contributed by atoms with Gasteiger partial charge in [0.15, 0.2) is 23.0 Å². The minimum atomic E-state index is -0.281. The van der Waals surface area contributed by atoms with E-state index >= 15 is 0 Å². The second kappa shape index (κ2) is 19.9. The highest BCUT2D eigenvalue weighted by Crippen LogP contribution is 2.35. The lowest BCUT2D eigenvalue weighted by Crippen LogP contribution is -2.20. The van der Waals surface area contributed by atoms with E-state index in [9.17, 15) is 9.59 Å². The molecule has 0 unspecified atom stereocenters. The van der Waals surface area contributed by atoms with Gasteiger partial charge in [-0.05, 0) is 54.7 Å². The SMILES string of the molecule is CCCCCCCCCCCCCCCC(=O)Oc1ccc(C[C@H]2C(=O)OC[C@@H]2Cc2ccc(OC)c(OC)c2)cc1OC. The van der Waals surface area contributed by atoms with Crippen molar-refractivity contribution in [3.05, 3.63) is 47.5 Å². The molecule has 2 aromatic carbocycles. The Labute approximate surface area is 264 Å². The van der Waals surface area contributed by atoms with Crippen molar-refractivity contribution in [2.45, 2.75) is 110 Å². The Bertz CT molecular complexity index is 1140. The lowest BCUT2D eigenvalue weighted by Gasteiger charge is -2.17. The van der Waals surface area contributed by atoms with Crippen LogP contribution in [-0.4, -0.2) is 39.9 Å². The third-order valence-corrected chi connectivity index (χ3v) is 8.65. The molecular weight excluding hydrogens is 556 g/mol. The van der Waals surface area contributed by atoms with E-state index in [2.05, 4.69) is 6.92 Å². The molecule has 2 aromatic rings. The number of carbonyl (C=O) groups excluding carboxylic acids is 2. The zero-order chi connectivity index (χ0) is 31.6. The van der Waals surface area contributed by atoms with Gasteiger partial charge in [0.1, 0.15) is 0 Å². The third kappa shape index (κ3) is 11.7. The quantitative estimate of drug-likeness (QED) is 0.0750. The number of ether oxygens (including phenoxy) is 5. The Morgan fingerprint density at radius 1 is 0.682 bits per heavy atom. The topological polar surface area (TPSA) is 80.3 Å². The molecule has 1 heterocycles. The van der Waals surface area contributed by atoms with Crippen LogP contribution in [-0.2, 0) is 27.2 Å². The Kier molecular flexibility index (Phi) is 16.0. The molecule has 0 radical (unpaired) electrons. The molecule has 0 bridgehead atoms. The number of unbranched alkanes of at least 4 members (excludes halogenated alkanes) is 12. The minimum absolute atomic E-state index is 0.0319. The summed E-state index contributed by atoms with van der Waals surface area (Å²) in [5.41, 5.74) is 1.98. The lowest BCUT2D eigenvalue weighted by molar-refractivity contribution is -0.141. The smallest absolute Gasteiger partial charge is 0.311 e. The van der Waals surface area contributed by atoms with Gasteiger partial charge in [-0.2, -0.15) is 0 Å². The largest absolute Gasteiger partial charge is 0.493 e. The summed E-state index contributed by atoms with van der Waals surface area (Å²) < 4.78 is 27.4. The molecule has 0 aromatic heterocycles. The maximum atomic E-state index is 12.7. The number of methoxy groups -OCH3 is 3. The van der Waals surface area contributed by atoms with Crippen LogP contribution in [0.1, 0.15) is 108 Å². The number of hydrogen-bond donors (Lipinski definition) is 0. The van der Waals surface area contributed by atoms with Gasteiger partial charge >= 0.3 is 11.9 Å². The number of esters is 2. The summed E-state index contributed by atoms with van der Waals surface area (Å²) in [6.45, 7) is 2.64. The highest BCUT2D eigenvalue weighted by molar-refractivity contribution is 5.75. The molecule has 7 nitrogen and oxygen atoms in total. The van der Waals surface area contributed by atoms with Crippen LogP contribution >= 0.6 is 0 Å². The molecule has 1 fully saturated rings. The van der Waals surface area contributed by atoms with E-state index in [1.54, 1.807) is 27.4 Å². The monoisotopic (exact) mass is 610 g/mol. The molecular formula is C37H54O7. The predicted octanol–water partition coefficient (Wildman–Crippen LogP) is 8.67. The first-order valence-corrected chi connectivity index (χ1v) is 16.7. The van der Waals surface area contributed by atoms with E-state index in [0.29, 0.717) is 48.9 Å². The molecule has 244 valence electrons. The van der Waals surface area contributed by atoms with Crippen LogP contribution in [0.4, 0.5) is 0 Å². The van der Waals surface area contributed by atoms with Crippen molar-refractivity contribution in [3.8, 4) is 23.0 Å². The second-order valence-corrected chi connectivity index (χ2v) is 12.0. The molecule has 0 amide bonds. The summed E-state index contributed by atoms with van der Waals surface area (Å²) in [5, 5.41) is 0. The zero-order valence-corrected chi connectivity index (χ0v) is 27.5. The molecule has 1 aliphatic heterocycles. The zero-order valence-electron chi connectivity index (χ0n) is 27.5. The van der Waals surface area contributed by atoms with Crippen molar-refractivity contribution in [1.29, 1.82) is 0 Å². The predicted molar refractivity (Wildman–Crippen MR) is 174 cm³/mol. The van der Waals surface area contributed by atoms with Gasteiger partial charge in [0, 0.05) is 12.3 Å². The standard InChI is InChI=1S/C37H54O7/c1-5-6-7-8-9-10-11-12-13-14-15-16-17-18-36(38)44-33-22-20-29(26-35(33)42-4)24-31-30(27-43-37(31)39)23-28-19-21-32(40-2)34(25-28)41-3/h19-22,25-26,30-31H,5-18,23-24,27H2,1-4H3/t30-,31+/m0/s1. The average molecular weight is 611 g/mol. The van der Waals surface area contributed by atoms with Crippen LogP contribution in [0.3, 0.4) is 0 Å². The van der Waals surface area contributed by atoms with Crippen molar-refractivity contribution in [2.24, 2.45) is 11.8 Å². The Hall–Kier alpha value is -3.22. The fourth-order valence-corrected chi connectivity index (χ4v) is 6.00. The number of hydrogen-bond acceptors (Lipinski definition) is 7. The normalized spacial score (nSPS) is 16.0. The van der Waals surface area contributed by atoms with Crippen molar-refractivity contribution in [1.82, 2.24) is 0 Å². The molecule has 7 heteroatoms. The van der Waals surface area contributed by atoms with Crippen molar-refractivity contribution >= 4 is 11.9 Å². The van der Waals surface area contributed by atoms with Gasteiger partial charge in [-0.3, -0.25) is 9.59 Å². The van der Waals surface area contributed by atoms with Gasteiger partial charge < -0.3 is 23.7 Å². The highest BCUT2D eigenvalue weighted by atomic mass is 16.6. The fourth-order valence-electron chi connectivity index (χ4n) is 6.00. The van der Waals surface area contributed by atoms with Crippen molar-refractivity contribution < 1.29 is 33.3 Å². The summed E-state index contributed by atoms with van der Waals surface area (Å²) in [4.78, 5) is 25.2. The van der Waals surface area contributed by atoms with Crippen LogP contribution < -0.4 is 18.9 Å². The highest BCUT2D eigenvalue weighted by Gasteiger charge is 2.37. The van der Waals surface area contributed by atoms with Crippen LogP contribution in [0.5, 0.6) is 23.0 Å². The molecule has 2 atom stereocenters. The Morgan fingerprint density at radius 2 is 1.18 bits per heavy atom. The van der Waals surface area contributed by atoms with E-state index in [-0.39, 0.29) is 23.8 Å². The first-order valence-electron chi connectivity index (χ1n) is 16.7. The second-order valence-electron chi connectivity index (χ2n) is 12.0. The number of rotatable bonds is 22. The molecule has 0 spiro atoms.